The molecule has 0 bridgehead atoms. The van der Waals surface area contributed by atoms with Crippen molar-refractivity contribution in [2.24, 2.45) is 0 Å². The first-order valence-electron chi connectivity index (χ1n) is 4.54. The van der Waals surface area contributed by atoms with Gasteiger partial charge in [-0.2, -0.15) is 0 Å². The topological polar surface area (TPSA) is 81.6 Å². The van der Waals surface area contributed by atoms with Crippen LogP contribution in [0.1, 0.15) is 12.8 Å². The van der Waals surface area contributed by atoms with Crippen LogP contribution in [0.25, 0.3) is 0 Å². The summed E-state index contributed by atoms with van der Waals surface area (Å²) in [7, 11) is 0. The largest absolute Gasteiger partial charge is 0.394 e. The molecule has 76 valence electrons. The van der Waals surface area contributed by atoms with Crippen LogP contribution < -0.4 is 10.6 Å². The van der Waals surface area contributed by atoms with E-state index in [1.54, 1.807) is 0 Å². The van der Waals surface area contributed by atoms with Crippen LogP contribution in [0.5, 0.6) is 0 Å². The van der Waals surface area contributed by atoms with E-state index in [-0.39, 0.29) is 25.1 Å². The highest BCUT2D eigenvalue weighted by Gasteiger charge is 2.21. The molecule has 1 unspecified atom stereocenters. The third kappa shape index (κ3) is 3.30. The Morgan fingerprint density at radius 1 is 1.69 bits per heavy atom. The Morgan fingerprint density at radius 3 is 3.00 bits per heavy atom. The molecule has 13 heavy (non-hydrogen) atoms. The first kappa shape index (κ1) is 10.4. The summed E-state index contributed by atoms with van der Waals surface area (Å²) in [6, 6.07) is -0.120. The van der Waals surface area contributed by atoms with Gasteiger partial charge in [0.2, 0.25) is 5.91 Å². The van der Waals surface area contributed by atoms with E-state index < -0.39 is 6.10 Å². The molecule has 1 rings (SSSR count). The van der Waals surface area contributed by atoms with Crippen LogP contribution in [0.4, 0.5) is 0 Å². The zero-order valence-electron chi connectivity index (χ0n) is 7.49. The first-order chi connectivity index (χ1) is 6.24. The van der Waals surface area contributed by atoms with Gasteiger partial charge in [0.15, 0.2) is 0 Å². The van der Waals surface area contributed by atoms with Crippen molar-refractivity contribution in [2.45, 2.75) is 25.0 Å². The Morgan fingerprint density at radius 2 is 2.46 bits per heavy atom. The molecule has 1 heterocycles. The minimum absolute atomic E-state index is 0.0926. The Kier molecular flexibility index (Phi) is 4.14. The first-order valence-corrected chi connectivity index (χ1v) is 4.54. The highest BCUT2D eigenvalue weighted by Crippen LogP contribution is 2.04. The van der Waals surface area contributed by atoms with E-state index in [2.05, 4.69) is 10.6 Å². The normalized spacial score (nSPS) is 24.3. The van der Waals surface area contributed by atoms with E-state index in [4.69, 9.17) is 10.2 Å². The van der Waals surface area contributed by atoms with Crippen LogP contribution in [0, 0.1) is 0 Å². The zero-order valence-corrected chi connectivity index (χ0v) is 7.49. The van der Waals surface area contributed by atoms with Crippen molar-refractivity contribution >= 4 is 5.91 Å². The fourth-order valence-electron chi connectivity index (χ4n) is 1.31. The Bertz CT molecular complexity index is 169. The van der Waals surface area contributed by atoms with E-state index in [0.29, 0.717) is 0 Å². The van der Waals surface area contributed by atoms with E-state index in [9.17, 15) is 4.79 Å². The van der Waals surface area contributed by atoms with Gasteiger partial charge in [0, 0.05) is 6.54 Å². The highest BCUT2D eigenvalue weighted by molar-refractivity contribution is 5.81. The summed E-state index contributed by atoms with van der Waals surface area (Å²) in [5.41, 5.74) is 0. The molecular formula is C8H16N2O3. The van der Waals surface area contributed by atoms with Gasteiger partial charge < -0.3 is 20.8 Å². The summed E-state index contributed by atoms with van der Waals surface area (Å²) in [6.45, 7) is 0.673. The molecular weight excluding hydrogens is 172 g/mol. The molecule has 1 saturated heterocycles. The number of carbonyl (C=O) groups excluding carboxylic acids is 1. The number of amides is 1. The highest BCUT2D eigenvalue weighted by atomic mass is 16.3. The molecule has 1 aliphatic rings. The monoisotopic (exact) mass is 188 g/mol. The van der Waals surface area contributed by atoms with Gasteiger partial charge >= 0.3 is 0 Å². The Balaban J connectivity index is 2.16. The molecule has 0 aliphatic carbocycles. The van der Waals surface area contributed by atoms with Gasteiger partial charge in [-0.1, -0.05) is 0 Å². The SMILES string of the molecule is O=C(NC[C@H](O)CO)C1CCCN1. The lowest BCUT2D eigenvalue weighted by Crippen LogP contribution is -2.43. The number of hydrogen-bond acceptors (Lipinski definition) is 4. The van der Waals surface area contributed by atoms with Gasteiger partial charge in [0.1, 0.15) is 0 Å². The molecule has 1 amide bonds. The number of aliphatic hydroxyl groups is 2. The summed E-state index contributed by atoms with van der Waals surface area (Å²) in [4.78, 5) is 11.3. The number of nitrogens with one attached hydrogen (secondary N) is 2. The quantitative estimate of drug-likeness (QED) is 0.420. The van der Waals surface area contributed by atoms with E-state index >= 15 is 0 Å². The molecule has 0 spiro atoms. The predicted molar refractivity (Wildman–Crippen MR) is 47.1 cm³/mol. The van der Waals surface area contributed by atoms with Gasteiger partial charge in [0.05, 0.1) is 18.8 Å². The fourth-order valence-corrected chi connectivity index (χ4v) is 1.31. The van der Waals surface area contributed by atoms with Crippen LogP contribution in [0.3, 0.4) is 0 Å². The summed E-state index contributed by atoms with van der Waals surface area (Å²) in [5, 5.41) is 23.1. The smallest absolute Gasteiger partial charge is 0.237 e. The lowest BCUT2D eigenvalue weighted by atomic mass is 10.2. The van der Waals surface area contributed by atoms with Crippen LogP contribution in [0.15, 0.2) is 0 Å². The van der Waals surface area contributed by atoms with Crippen LogP contribution >= 0.6 is 0 Å². The maximum Gasteiger partial charge on any atom is 0.237 e. The molecule has 0 aromatic heterocycles. The maximum absolute atomic E-state index is 11.3. The van der Waals surface area contributed by atoms with Crippen molar-refractivity contribution in [3.63, 3.8) is 0 Å². The second kappa shape index (κ2) is 5.16. The molecule has 5 nitrogen and oxygen atoms in total. The van der Waals surface area contributed by atoms with Crippen molar-refractivity contribution in [3.05, 3.63) is 0 Å². The van der Waals surface area contributed by atoms with Gasteiger partial charge in [-0.25, -0.2) is 0 Å². The molecule has 5 heteroatoms. The van der Waals surface area contributed by atoms with Crippen molar-refractivity contribution in [2.75, 3.05) is 19.7 Å². The third-order valence-electron chi connectivity index (χ3n) is 2.10. The Labute approximate surface area is 77.1 Å². The van der Waals surface area contributed by atoms with Gasteiger partial charge in [-0.05, 0) is 19.4 Å². The fraction of sp³-hybridized carbons (Fsp3) is 0.875. The average Bonchev–Trinajstić information content (AvgIpc) is 2.66. The molecule has 0 aromatic carbocycles. The van der Waals surface area contributed by atoms with Crippen molar-refractivity contribution in [1.29, 1.82) is 0 Å². The maximum atomic E-state index is 11.3. The van der Waals surface area contributed by atoms with Crippen LogP contribution in [0.2, 0.25) is 0 Å². The standard InChI is InChI=1S/C8H16N2O3/c11-5-6(12)4-10-8(13)7-2-1-3-9-7/h6-7,9,11-12H,1-5H2,(H,10,13)/t6-,7?/m0/s1. The van der Waals surface area contributed by atoms with Crippen molar-refractivity contribution in [3.8, 4) is 0 Å². The molecule has 0 saturated carbocycles. The lowest BCUT2D eigenvalue weighted by Gasteiger charge is -2.12. The lowest BCUT2D eigenvalue weighted by molar-refractivity contribution is -0.123. The minimum Gasteiger partial charge on any atom is -0.394 e. The minimum atomic E-state index is -0.856. The van der Waals surface area contributed by atoms with E-state index in [1.807, 2.05) is 0 Å². The average molecular weight is 188 g/mol. The van der Waals surface area contributed by atoms with Crippen molar-refractivity contribution in [1.82, 2.24) is 10.6 Å². The van der Waals surface area contributed by atoms with Gasteiger partial charge in [-0.15, -0.1) is 0 Å². The van der Waals surface area contributed by atoms with Gasteiger partial charge in [-0.3, -0.25) is 4.79 Å². The second-order valence-electron chi connectivity index (χ2n) is 3.23. The summed E-state index contributed by atoms with van der Waals surface area (Å²) >= 11 is 0. The molecule has 4 N–H and O–H groups in total. The molecule has 0 radical (unpaired) electrons. The predicted octanol–water partition coefficient (Wildman–Crippen LogP) is -1.79. The molecule has 0 aromatic rings. The molecule has 1 fully saturated rings. The van der Waals surface area contributed by atoms with E-state index in [1.165, 1.54) is 0 Å². The zero-order chi connectivity index (χ0) is 9.68. The number of hydrogen-bond donors (Lipinski definition) is 4. The van der Waals surface area contributed by atoms with Gasteiger partial charge in [0.25, 0.3) is 0 Å². The number of aliphatic hydroxyl groups excluding tert-OH is 2. The third-order valence-corrected chi connectivity index (χ3v) is 2.10. The molecule has 2 atom stereocenters. The van der Waals surface area contributed by atoms with Crippen LogP contribution in [-0.4, -0.2) is 48.0 Å². The number of rotatable bonds is 4. The van der Waals surface area contributed by atoms with E-state index in [0.717, 1.165) is 19.4 Å². The summed E-state index contributed by atoms with van der Waals surface area (Å²) < 4.78 is 0. The Hall–Kier alpha value is -0.650. The summed E-state index contributed by atoms with van der Waals surface area (Å²) in [5.74, 6) is -0.0926. The second-order valence-corrected chi connectivity index (χ2v) is 3.23. The summed E-state index contributed by atoms with van der Waals surface area (Å²) in [6.07, 6.45) is 1.01. The number of carbonyl (C=O) groups is 1. The van der Waals surface area contributed by atoms with Crippen molar-refractivity contribution < 1.29 is 15.0 Å². The molecule has 1 aliphatic heterocycles. The van der Waals surface area contributed by atoms with Crippen LogP contribution in [-0.2, 0) is 4.79 Å².